The molecule has 1 fully saturated rings. The summed E-state index contributed by atoms with van der Waals surface area (Å²) < 4.78 is 27.3. The number of benzene rings is 1. The van der Waals surface area contributed by atoms with E-state index in [0.717, 1.165) is 11.3 Å². The summed E-state index contributed by atoms with van der Waals surface area (Å²) in [6.07, 6.45) is 1.17. The largest absolute Gasteiger partial charge is 0.325 e. The maximum absolute atomic E-state index is 12.7. The second-order valence-corrected chi connectivity index (χ2v) is 9.02. The van der Waals surface area contributed by atoms with Crippen molar-refractivity contribution < 1.29 is 13.2 Å². The highest BCUT2D eigenvalue weighted by molar-refractivity contribution is 7.91. The van der Waals surface area contributed by atoms with Gasteiger partial charge in [0.15, 0.2) is 0 Å². The smallest absolute Gasteiger partial charge is 0.253 e. The van der Waals surface area contributed by atoms with Crippen LogP contribution in [-0.4, -0.2) is 31.2 Å². The SMILES string of the molecule is O=C(Nc1ccccc1)C1CCCN1S(=O)(=O)c1ccc(Cl)s1. The average Bonchev–Trinajstić information content (AvgIpc) is 3.17. The normalized spacial score (nSPS) is 18.9. The van der Waals surface area contributed by atoms with E-state index in [4.69, 9.17) is 11.6 Å². The molecule has 1 saturated heterocycles. The number of nitrogens with zero attached hydrogens (tertiary/aromatic N) is 1. The first-order chi connectivity index (χ1) is 11.0. The number of hydrogen-bond acceptors (Lipinski definition) is 4. The third-order valence-corrected chi connectivity index (χ3v) is 7.27. The lowest BCUT2D eigenvalue weighted by atomic mass is 10.2. The summed E-state index contributed by atoms with van der Waals surface area (Å²) in [6.45, 7) is 0.338. The van der Waals surface area contributed by atoms with Crippen molar-refractivity contribution >= 4 is 44.6 Å². The van der Waals surface area contributed by atoms with Crippen LogP contribution in [0.15, 0.2) is 46.7 Å². The Labute approximate surface area is 143 Å². The average molecular weight is 371 g/mol. The molecule has 0 radical (unpaired) electrons. The lowest BCUT2D eigenvalue weighted by Gasteiger charge is -2.22. The Bertz CT molecular complexity index is 805. The monoisotopic (exact) mass is 370 g/mol. The van der Waals surface area contributed by atoms with Crippen LogP contribution in [0, 0.1) is 0 Å². The van der Waals surface area contributed by atoms with E-state index in [0.29, 0.717) is 29.4 Å². The van der Waals surface area contributed by atoms with Crippen LogP contribution < -0.4 is 5.32 Å². The van der Waals surface area contributed by atoms with Crippen molar-refractivity contribution in [3.63, 3.8) is 0 Å². The van der Waals surface area contributed by atoms with Crippen molar-refractivity contribution in [1.82, 2.24) is 4.31 Å². The number of anilines is 1. The van der Waals surface area contributed by atoms with Gasteiger partial charge in [0.2, 0.25) is 5.91 Å². The molecule has 1 atom stereocenters. The predicted octanol–water partition coefficient (Wildman–Crippen LogP) is 3.19. The van der Waals surface area contributed by atoms with Gasteiger partial charge in [-0.2, -0.15) is 4.31 Å². The second kappa shape index (κ2) is 6.60. The first-order valence-electron chi connectivity index (χ1n) is 7.11. The molecule has 1 aromatic heterocycles. The van der Waals surface area contributed by atoms with Crippen molar-refractivity contribution in [3.8, 4) is 0 Å². The zero-order valence-electron chi connectivity index (χ0n) is 12.1. The van der Waals surface area contributed by atoms with Crippen LogP contribution in [0.4, 0.5) is 5.69 Å². The summed E-state index contributed by atoms with van der Waals surface area (Å²) in [4.78, 5) is 12.5. The molecule has 1 amide bonds. The molecule has 0 bridgehead atoms. The summed E-state index contributed by atoms with van der Waals surface area (Å²) in [5, 5.41) is 2.77. The van der Waals surface area contributed by atoms with E-state index >= 15 is 0 Å². The Hall–Kier alpha value is -1.41. The third kappa shape index (κ3) is 3.42. The zero-order valence-corrected chi connectivity index (χ0v) is 14.5. The van der Waals surface area contributed by atoms with Crippen molar-refractivity contribution in [2.24, 2.45) is 0 Å². The van der Waals surface area contributed by atoms with Crippen LogP contribution >= 0.6 is 22.9 Å². The highest BCUT2D eigenvalue weighted by Gasteiger charge is 2.40. The predicted molar refractivity (Wildman–Crippen MR) is 91.3 cm³/mol. The highest BCUT2D eigenvalue weighted by atomic mass is 35.5. The van der Waals surface area contributed by atoms with Gasteiger partial charge in [-0.3, -0.25) is 4.79 Å². The van der Waals surface area contributed by atoms with Gasteiger partial charge in [-0.25, -0.2) is 8.42 Å². The van der Waals surface area contributed by atoms with Crippen LogP contribution in [-0.2, 0) is 14.8 Å². The van der Waals surface area contributed by atoms with Crippen molar-refractivity contribution in [3.05, 3.63) is 46.8 Å². The molecule has 8 heteroatoms. The summed E-state index contributed by atoms with van der Waals surface area (Å²) >= 11 is 6.84. The first kappa shape index (κ1) is 16.4. The lowest BCUT2D eigenvalue weighted by molar-refractivity contribution is -0.119. The van der Waals surface area contributed by atoms with E-state index in [1.165, 1.54) is 10.4 Å². The number of sulfonamides is 1. The molecule has 0 saturated carbocycles. The fourth-order valence-corrected chi connectivity index (χ4v) is 5.86. The molecule has 5 nitrogen and oxygen atoms in total. The van der Waals surface area contributed by atoms with E-state index in [-0.39, 0.29) is 10.1 Å². The maximum atomic E-state index is 12.7. The Morgan fingerprint density at radius 1 is 1.22 bits per heavy atom. The fraction of sp³-hybridized carbons (Fsp3) is 0.267. The number of amides is 1. The van der Waals surface area contributed by atoms with Gasteiger partial charge in [-0.05, 0) is 37.1 Å². The first-order valence-corrected chi connectivity index (χ1v) is 9.75. The van der Waals surface area contributed by atoms with Gasteiger partial charge in [0.25, 0.3) is 10.0 Å². The minimum absolute atomic E-state index is 0.168. The van der Waals surface area contributed by atoms with Crippen LogP contribution in [0.1, 0.15) is 12.8 Å². The van der Waals surface area contributed by atoms with Crippen LogP contribution in [0.2, 0.25) is 4.34 Å². The molecule has 23 heavy (non-hydrogen) atoms. The molecule has 3 rings (SSSR count). The number of hydrogen-bond donors (Lipinski definition) is 1. The summed E-state index contributed by atoms with van der Waals surface area (Å²) in [5.41, 5.74) is 0.654. The van der Waals surface area contributed by atoms with Crippen LogP contribution in [0.5, 0.6) is 0 Å². The molecule has 1 aliphatic heterocycles. The maximum Gasteiger partial charge on any atom is 0.253 e. The van der Waals surface area contributed by atoms with E-state index in [1.54, 1.807) is 18.2 Å². The van der Waals surface area contributed by atoms with Crippen molar-refractivity contribution in [1.29, 1.82) is 0 Å². The van der Waals surface area contributed by atoms with Gasteiger partial charge in [-0.1, -0.05) is 29.8 Å². The molecule has 2 heterocycles. The molecule has 0 spiro atoms. The zero-order chi connectivity index (χ0) is 16.4. The molecule has 2 aromatic rings. The molecule has 1 aliphatic rings. The van der Waals surface area contributed by atoms with Crippen LogP contribution in [0.25, 0.3) is 0 Å². The van der Waals surface area contributed by atoms with Crippen molar-refractivity contribution in [2.75, 3.05) is 11.9 Å². The minimum Gasteiger partial charge on any atom is -0.325 e. The number of carbonyl (C=O) groups is 1. The van der Waals surface area contributed by atoms with Gasteiger partial charge in [0.1, 0.15) is 10.3 Å². The van der Waals surface area contributed by atoms with E-state index in [2.05, 4.69) is 5.32 Å². The highest BCUT2D eigenvalue weighted by Crippen LogP contribution is 2.32. The van der Waals surface area contributed by atoms with Gasteiger partial charge in [0, 0.05) is 12.2 Å². The number of carbonyl (C=O) groups excluding carboxylic acids is 1. The molecule has 1 N–H and O–H groups in total. The molecule has 1 aromatic carbocycles. The van der Waals surface area contributed by atoms with Crippen molar-refractivity contribution in [2.45, 2.75) is 23.1 Å². The number of para-hydroxylation sites is 1. The molecule has 0 aliphatic carbocycles. The number of halogens is 1. The summed E-state index contributed by atoms with van der Waals surface area (Å²) in [6, 6.07) is 11.3. The number of thiophene rings is 1. The Morgan fingerprint density at radius 2 is 1.96 bits per heavy atom. The van der Waals surface area contributed by atoms with Gasteiger partial charge in [-0.15, -0.1) is 11.3 Å². The molecular formula is C15H15ClN2O3S2. The fourth-order valence-electron chi connectivity index (χ4n) is 2.59. The standard InChI is InChI=1S/C15H15ClN2O3S2/c16-13-8-9-14(22-13)23(20,21)18-10-4-7-12(18)15(19)17-11-5-2-1-3-6-11/h1-3,5-6,8-9,12H,4,7,10H2,(H,17,19). The van der Waals surface area contributed by atoms with Gasteiger partial charge in [0.05, 0.1) is 4.34 Å². The number of nitrogens with one attached hydrogen (secondary N) is 1. The van der Waals surface area contributed by atoms with E-state index in [1.807, 2.05) is 18.2 Å². The van der Waals surface area contributed by atoms with Crippen LogP contribution in [0.3, 0.4) is 0 Å². The van der Waals surface area contributed by atoms with Gasteiger partial charge < -0.3 is 5.32 Å². The molecule has 1 unspecified atom stereocenters. The Morgan fingerprint density at radius 3 is 2.61 bits per heavy atom. The summed E-state index contributed by atoms with van der Waals surface area (Å²) in [7, 11) is -3.70. The Kier molecular flexibility index (Phi) is 4.72. The molecule has 122 valence electrons. The van der Waals surface area contributed by atoms with Gasteiger partial charge >= 0.3 is 0 Å². The van der Waals surface area contributed by atoms with E-state index < -0.39 is 16.1 Å². The molecular weight excluding hydrogens is 356 g/mol. The summed E-state index contributed by atoms with van der Waals surface area (Å²) in [5.74, 6) is -0.306. The number of rotatable bonds is 4. The Balaban J connectivity index is 1.81. The van der Waals surface area contributed by atoms with E-state index in [9.17, 15) is 13.2 Å². The quantitative estimate of drug-likeness (QED) is 0.898. The lowest BCUT2D eigenvalue weighted by Crippen LogP contribution is -2.42. The topological polar surface area (TPSA) is 66.5 Å². The second-order valence-electron chi connectivity index (χ2n) is 5.19. The minimum atomic E-state index is -3.70. The third-order valence-electron chi connectivity index (χ3n) is 3.66.